The molecule has 1 N–H and O–H groups in total. The van der Waals surface area contributed by atoms with E-state index in [1.807, 2.05) is 0 Å². The van der Waals surface area contributed by atoms with Gasteiger partial charge in [0.25, 0.3) is 11.6 Å². The summed E-state index contributed by atoms with van der Waals surface area (Å²) in [7, 11) is 3.32. The van der Waals surface area contributed by atoms with Gasteiger partial charge in [-0.05, 0) is 18.1 Å². The number of anilines is 1. The molecule has 1 unspecified atom stereocenters. The van der Waals surface area contributed by atoms with Gasteiger partial charge >= 0.3 is 0 Å². The van der Waals surface area contributed by atoms with Crippen molar-refractivity contribution in [3.05, 3.63) is 33.9 Å². The molecule has 0 spiro atoms. The van der Waals surface area contributed by atoms with Crippen LogP contribution in [0.3, 0.4) is 0 Å². The van der Waals surface area contributed by atoms with E-state index in [2.05, 4.69) is 19.2 Å². The van der Waals surface area contributed by atoms with Crippen LogP contribution in [0, 0.1) is 16.0 Å². The molecule has 0 saturated carbocycles. The molecule has 110 valence electrons. The number of amides is 1. The Morgan fingerprint density at radius 1 is 1.50 bits per heavy atom. The summed E-state index contributed by atoms with van der Waals surface area (Å²) in [6, 6.07) is 4.48. The average Bonchev–Trinajstić information content (AvgIpc) is 2.45. The van der Waals surface area contributed by atoms with Gasteiger partial charge in [-0.1, -0.05) is 20.3 Å². The van der Waals surface area contributed by atoms with Crippen molar-refractivity contribution in [2.45, 2.75) is 20.3 Å². The van der Waals surface area contributed by atoms with E-state index < -0.39 is 4.92 Å². The lowest BCUT2D eigenvalue weighted by Gasteiger charge is -2.21. The van der Waals surface area contributed by atoms with Crippen molar-refractivity contribution >= 4 is 17.3 Å². The first-order valence-corrected chi connectivity index (χ1v) is 6.62. The molecule has 0 aliphatic carbocycles. The quantitative estimate of drug-likeness (QED) is 0.641. The van der Waals surface area contributed by atoms with E-state index >= 15 is 0 Å². The Bertz CT molecular complexity index is 502. The number of nitro groups is 1. The zero-order valence-electron chi connectivity index (χ0n) is 12.3. The molecule has 1 amide bonds. The highest BCUT2D eigenvalue weighted by molar-refractivity contribution is 5.95. The third-order valence-electron chi connectivity index (χ3n) is 3.34. The highest BCUT2D eigenvalue weighted by Crippen LogP contribution is 2.25. The molecule has 6 nitrogen and oxygen atoms in total. The predicted molar refractivity (Wildman–Crippen MR) is 79.1 cm³/mol. The maximum absolute atomic E-state index is 12.3. The minimum absolute atomic E-state index is 0.0877. The third kappa shape index (κ3) is 3.69. The van der Waals surface area contributed by atoms with Crippen molar-refractivity contribution in [1.29, 1.82) is 0 Å². The Balaban J connectivity index is 2.99. The van der Waals surface area contributed by atoms with E-state index in [4.69, 9.17) is 0 Å². The van der Waals surface area contributed by atoms with Gasteiger partial charge in [0.1, 0.15) is 5.69 Å². The van der Waals surface area contributed by atoms with Crippen LogP contribution in [-0.2, 0) is 0 Å². The molecule has 6 heteroatoms. The standard InChI is InChI=1S/C14H21N3O3/c1-5-10(2)9-16(4)14(18)11-6-7-12(15-3)13(8-11)17(19)20/h6-8,10,15H,5,9H2,1-4H3. The normalized spacial score (nSPS) is 11.8. The van der Waals surface area contributed by atoms with Crippen LogP contribution in [0.5, 0.6) is 0 Å². The van der Waals surface area contributed by atoms with Gasteiger partial charge in [0.15, 0.2) is 0 Å². The average molecular weight is 279 g/mol. The van der Waals surface area contributed by atoms with Gasteiger partial charge in [-0.3, -0.25) is 14.9 Å². The summed E-state index contributed by atoms with van der Waals surface area (Å²) in [5, 5.41) is 13.7. The first-order valence-electron chi connectivity index (χ1n) is 6.62. The molecule has 0 aromatic heterocycles. The van der Waals surface area contributed by atoms with E-state index in [-0.39, 0.29) is 11.6 Å². The maximum atomic E-state index is 12.3. The second-order valence-corrected chi connectivity index (χ2v) is 4.94. The number of carbonyl (C=O) groups is 1. The lowest BCUT2D eigenvalue weighted by Crippen LogP contribution is -2.30. The van der Waals surface area contributed by atoms with E-state index in [1.54, 1.807) is 31.1 Å². The van der Waals surface area contributed by atoms with Crippen LogP contribution in [0.15, 0.2) is 18.2 Å². The van der Waals surface area contributed by atoms with Crippen LogP contribution >= 0.6 is 0 Å². The van der Waals surface area contributed by atoms with Crippen LogP contribution < -0.4 is 5.32 Å². The second-order valence-electron chi connectivity index (χ2n) is 4.94. The summed E-state index contributed by atoms with van der Waals surface area (Å²) in [4.78, 5) is 24.4. The topological polar surface area (TPSA) is 75.5 Å². The predicted octanol–water partition coefficient (Wildman–Crippen LogP) is 2.75. The highest BCUT2D eigenvalue weighted by atomic mass is 16.6. The van der Waals surface area contributed by atoms with Crippen LogP contribution in [0.2, 0.25) is 0 Å². The fourth-order valence-electron chi connectivity index (χ4n) is 1.93. The van der Waals surface area contributed by atoms with Crippen LogP contribution in [0.1, 0.15) is 30.6 Å². The number of benzene rings is 1. The number of carbonyl (C=O) groups excluding carboxylic acids is 1. The minimum atomic E-state index is -0.489. The molecular weight excluding hydrogens is 258 g/mol. The largest absolute Gasteiger partial charge is 0.383 e. The summed E-state index contributed by atoms with van der Waals surface area (Å²) in [5.41, 5.74) is 0.646. The Kier molecular flexibility index (Phi) is 5.49. The van der Waals surface area contributed by atoms with Crippen molar-refractivity contribution in [2.75, 3.05) is 26.0 Å². The fraction of sp³-hybridized carbons (Fsp3) is 0.500. The van der Waals surface area contributed by atoms with Crippen LogP contribution in [-0.4, -0.2) is 36.4 Å². The molecule has 0 saturated heterocycles. The Labute approximate surface area is 118 Å². The van der Waals surface area contributed by atoms with Gasteiger partial charge in [-0.2, -0.15) is 0 Å². The zero-order chi connectivity index (χ0) is 15.3. The van der Waals surface area contributed by atoms with Crippen molar-refractivity contribution in [1.82, 2.24) is 4.90 Å². The van der Waals surface area contributed by atoms with Gasteiger partial charge in [0, 0.05) is 32.3 Å². The fourth-order valence-corrected chi connectivity index (χ4v) is 1.93. The minimum Gasteiger partial charge on any atom is -0.383 e. The number of hydrogen-bond donors (Lipinski definition) is 1. The molecule has 0 bridgehead atoms. The lowest BCUT2D eigenvalue weighted by atomic mass is 10.1. The second kappa shape index (κ2) is 6.88. The van der Waals surface area contributed by atoms with E-state index in [1.165, 1.54) is 6.07 Å². The van der Waals surface area contributed by atoms with Crippen molar-refractivity contribution in [3.8, 4) is 0 Å². The number of nitro benzene ring substituents is 1. The monoisotopic (exact) mass is 279 g/mol. The van der Waals surface area contributed by atoms with Crippen LogP contribution in [0.4, 0.5) is 11.4 Å². The number of hydrogen-bond acceptors (Lipinski definition) is 4. The first kappa shape index (κ1) is 15.9. The van der Waals surface area contributed by atoms with Gasteiger partial charge in [0.2, 0.25) is 0 Å². The first-order chi connectivity index (χ1) is 9.40. The Hall–Kier alpha value is -2.11. The van der Waals surface area contributed by atoms with Crippen molar-refractivity contribution in [2.24, 2.45) is 5.92 Å². The van der Waals surface area contributed by atoms with E-state index in [9.17, 15) is 14.9 Å². The maximum Gasteiger partial charge on any atom is 0.293 e. The zero-order valence-corrected chi connectivity index (χ0v) is 12.3. The highest BCUT2D eigenvalue weighted by Gasteiger charge is 2.19. The smallest absolute Gasteiger partial charge is 0.293 e. The molecule has 0 aliphatic rings. The number of nitrogens with one attached hydrogen (secondary N) is 1. The van der Waals surface area contributed by atoms with Gasteiger partial charge in [0.05, 0.1) is 4.92 Å². The molecule has 0 aliphatic heterocycles. The van der Waals surface area contributed by atoms with Gasteiger partial charge in [-0.15, -0.1) is 0 Å². The van der Waals surface area contributed by atoms with E-state index in [0.29, 0.717) is 23.7 Å². The van der Waals surface area contributed by atoms with Crippen LogP contribution in [0.25, 0.3) is 0 Å². The van der Waals surface area contributed by atoms with Gasteiger partial charge in [-0.25, -0.2) is 0 Å². The Morgan fingerprint density at radius 2 is 2.15 bits per heavy atom. The van der Waals surface area contributed by atoms with Crippen molar-refractivity contribution in [3.63, 3.8) is 0 Å². The van der Waals surface area contributed by atoms with E-state index in [0.717, 1.165) is 6.42 Å². The summed E-state index contributed by atoms with van der Waals surface area (Å²) >= 11 is 0. The molecule has 20 heavy (non-hydrogen) atoms. The number of nitrogens with zero attached hydrogens (tertiary/aromatic N) is 2. The van der Waals surface area contributed by atoms with Gasteiger partial charge < -0.3 is 10.2 Å². The lowest BCUT2D eigenvalue weighted by molar-refractivity contribution is -0.384. The molecule has 0 heterocycles. The summed E-state index contributed by atoms with van der Waals surface area (Å²) in [6.45, 7) is 4.77. The summed E-state index contributed by atoms with van der Waals surface area (Å²) in [6.07, 6.45) is 0.983. The SMILES string of the molecule is CCC(C)CN(C)C(=O)c1ccc(NC)c([N+](=O)[O-])c1. The summed E-state index contributed by atoms with van der Waals surface area (Å²) in [5.74, 6) is 0.201. The molecule has 1 aromatic rings. The molecule has 1 rings (SSSR count). The third-order valence-corrected chi connectivity index (χ3v) is 3.34. The molecule has 0 fully saturated rings. The molecule has 0 radical (unpaired) electrons. The number of rotatable bonds is 6. The summed E-state index contributed by atoms with van der Waals surface area (Å²) < 4.78 is 0. The molecular formula is C14H21N3O3. The van der Waals surface area contributed by atoms with Crippen molar-refractivity contribution < 1.29 is 9.72 Å². The molecule has 1 aromatic carbocycles. The Morgan fingerprint density at radius 3 is 2.65 bits per heavy atom. The molecule has 1 atom stereocenters.